The molecule has 26 heavy (non-hydrogen) atoms. The number of benzene rings is 2. The molecule has 8 heteroatoms. The van der Waals surface area contributed by atoms with Gasteiger partial charge in [0.2, 0.25) is 0 Å². The highest BCUT2D eigenvalue weighted by Gasteiger charge is 2.31. The predicted octanol–water partition coefficient (Wildman–Crippen LogP) is 4.50. The molecule has 0 saturated heterocycles. The number of halogens is 2. The van der Waals surface area contributed by atoms with Crippen molar-refractivity contribution >= 4 is 40.8 Å². The zero-order valence-corrected chi connectivity index (χ0v) is 15.8. The minimum atomic E-state index is -1.26. The molecule has 0 aromatic heterocycles. The lowest BCUT2D eigenvalue weighted by atomic mass is 10.1. The van der Waals surface area contributed by atoms with E-state index in [2.05, 4.69) is 5.32 Å². The first-order valence-corrected chi connectivity index (χ1v) is 8.26. The van der Waals surface area contributed by atoms with Gasteiger partial charge in [-0.2, -0.15) is 0 Å². The van der Waals surface area contributed by atoms with Gasteiger partial charge in [0.1, 0.15) is 5.75 Å². The first-order valence-electron chi connectivity index (χ1n) is 7.51. The first kappa shape index (κ1) is 19.9. The number of nitrogens with one attached hydrogen (secondary N) is 1. The fraction of sp³-hybridized carbons (Fsp3) is 0.222. The fourth-order valence-corrected chi connectivity index (χ4v) is 2.56. The van der Waals surface area contributed by atoms with Crippen LogP contribution in [-0.2, 0) is 4.79 Å². The highest BCUT2D eigenvalue weighted by Crippen LogP contribution is 2.35. The number of carbonyl (C=O) groups excluding carboxylic acids is 1. The molecule has 2 N–H and O–H groups in total. The molecule has 0 saturated carbocycles. The van der Waals surface area contributed by atoms with E-state index < -0.39 is 17.5 Å². The molecule has 0 aliphatic carbocycles. The zero-order chi connectivity index (χ0) is 19.5. The molecule has 138 valence electrons. The minimum Gasteiger partial charge on any atom is -0.493 e. The van der Waals surface area contributed by atoms with Gasteiger partial charge < -0.3 is 19.9 Å². The van der Waals surface area contributed by atoms with Crippen molar-refractivity contribution in [1.82, 2.24) is 0 Å². The number of carboxylic acid groups (broad SMARTS) is 1. The van der Waals surface area contributed by atoms with Gasteiger partial charge in [0.05, 0.1) is 23.4 Å². The molecule has 0 aliphatic rings. The lowest BCUT2D eigenvalue weighted by Gasteiger charge is -2.26. The molecule has 0 bridgehead atoms. The predicted molar refractivity (Wildman–Crippen MR) is 99.8 cm³/mol. The fourth-order valence-electron chi connectivity index (χ4n) is 2.13. The maximum atomic E-state index is 12.7. The van der Waals surface area contributed by atoms with E-state index in [-0.39, 0.29) is 22.0 Å². The van der Waals surface area contributed by atoms with E-state index in [1.165, 1.54) is 19.2 Å². The topological polar surface area (TPSA) is 84.9 Å². The van der Waals surface area contributed by atoms with Crippen molar-refractivity contribution in [3.8, 4) is 11.5 Å². The quantitative estimate of drug-likeness (QED) is 0.749. The number of methoxy groups -OCH3 is 1. The smallest absolute Gasteiger partial charge is 0.335 e. The van der Waals surface area contributed by atoms with Gasteiger partial charge >= 0.3 is 5.97 Å². The Morgan fingerprint density at radius 2 is 1.73 bits per heavy atom. The van der Waals surface area contributed by atoms with Gasteiger partial charge in [-0.05, 0) is 50.2 Å². The third kappa shape index (κ3) is 4.59. The zero-order valence-electron chi connectivity index (χ0n) is 14.3. The van der Waals surface area contributed by atoms with Crippen molar-refractivity contribution < 1.29 is 24.2 Å². The van der Waals surface area contributed by atoms with Crippen molar-refractivity contribution in [3.63, 3.8) is 0 Å². The number of rotatable bonds is 6. The number of hydrogen-bond donors (Lipinski definition) is 2. The van der Waals surface area contributed by atoms with Crippen LogP contribution in [0.3, 0.4) is 0 Å². The second-order valence-corrected chi connectivity index (χ2v) is 6.71. The maximum Gasteiger partial charge on any atom is 0.335 e. The van der Waals surface area contributed by atoms with E-state index >= 15 is 0 Å². The first-order chi connectivity index (χ1) is 12.1. The normalized spacial score (nSPS) is 11.0. The number of carbonyl (C=O) groups is 2. The maximum absolute atomic E-state index is 12.7. The Bertz CT molecular complexity index is 834. The molecule has 0 radical (unpaired) electrons. The van der Waals surface area contributed by atoms with Gasteiger partial charge in [-0.3, -0.25) is 4.79 Å². The SMILES string of the molecule is COc1c(Cl)cc(C(=O)O)cc1NC(=O)C(C)(C)Oc1ccc(Cl)cc1. The lowest BCUT2D eigenvalue weighted by molar-refractivity contribution is -0.128. The van der Waals surface area contributed by atoms with Crippen LogP contribution in [0, 0.1) is 0 Å². The molecule has 2 aromatic carbocycles. The Kier molecular flexibility index (Phi) is 6.00. The van der Waals surface area contributed by atoms with Crippen molar-refractivity contribution in [2.45, 2.75) is 19.4 Å². The van der Waals surface area contributed by atoms with Gasteiger partial charge in [-0.1, -0.05) is 23.2 Å². The third-order valence-electron chi connectivity index (χ3n) is 3.48. The molecular formula is C18H17Cl2NO5. The van der Waals surface area contributed by atoms with Crippen LogP contribution in [0.25, 0.3) is 0 Å². The molecule has 1 amide bonds. The Morgan fingerprint density at radius 1 is 1.12 bits per heavy atom. The molecule has 0 atom stereocenters. The molecule has 0 unspecified atom stereocenters. The largest absolute Gasteiger partial charge is 0.493 e. The van der Waals surface area contributed by atoms with Crippen LogP contribution in [0.2, 0.25) is 10.0 Å². The summed E-state index contributed by atoms with van der Waals surface area (Å²) in [7, 11) is 1.37. The highest BCUT2D eigenvalue weighted by molar-refractivity contribution is 6.33. The summed E-state index contributed by atoms with van der Waals surface area (Å²) in [6.07, 6.45) is 0. The number of aromatic carboxylic acids is 1. The summed E-state index contributed by atoms with van der Waals surface area (Å²) in [5.41, 5.74) is -1.21. The van der Waals surface area contributed by atoms with Gasteiger partial charge in [0.15, 0.2) is 11.4 Å². The number of amides is 1. The average Bonchev–Trinajstić information content (AvgIpc) is 2.56. The second-order valence-electron chi connectivity index (χ2n) is 5.86. The van der Waals surface area contributed by atoms with Crippen LogP contribution in [0.1, 0.15) is 24.2 Å². The molecule has 2 rings (SSSR count). The van der Waals surface area contributed by atoms with Crippen LogP contribution in [0.5, 0.6) is 11.5 Å². The Morgan fingerprint density at radius 3 is 2.27 bits per heavy atom. The minimum absolute atomic E-state index is 0.0686. The van der Waals surface area contributed by atoms with E-state index in [0.717, 1.165) is 0 Å². The van der Waals surface area contributed by atoms with Gasteiger partial charge in [0.25, 0.3) is 5.91 Å². The van der Waals surface area contributed by atoms with Crippen LogP contribution >= 0.6 is 23.2 Å². The molecule has 0 spiro atoms. The highest BCUT2D eigenvalue weighted by atomic mass is 35.5. The molecule has 2 aromatic rings. The number of carboxylic acids is 1. The summed E-state index contributed by atoms with van der Waals surface area (Å²) in [5, 5.41) is 12.4. The van der Waals surface area contributed by atoms with Crippen molar-refractivity contribution in [2.24, 2.45) is 0 Å². The molecule has 0 fully saturated rings. The van der Waals surface area contributed by atoms with Crippen LogP contribution < -0.4 is 14.8 Å². The Hall–Kier alpha value is -2.44. The van der Waals surface area contributed by atoms with E-state index in [1.807, 2.05) is 0 Å². The van der Waals surface area contributed by atoms with Crippen molar-refractivity contribution in [2.75, 3.05) is 12.4 Å². The van der Waals surface area contributed by atoms with Crippen LogP contribution in [-0.4, -0.2) is 29.7 Å². The van der Waals surface area contributed by atoms with E-state index in [4.69, 9.17) is 37.8 Å². The monoisotopic (exact) mass is 397 g/mol. The standard InChI is InChI=1S/C18H17Cl2NO5/c1-18(2,26-12-6-4-11(19)5-7-12)17(24)21-14-9-10(16(22)23)8-13(20)15(14)25-3/h4-9H,1-3H3,(H,21,24)(H,22,23). The lowest BCUT2D eigenvalue weighted by Crippen LogP contribution is -2.42. The van der Waals surface area contributed by atoms with Crippen molar-refractivity contribution in [1.29, 1.82) is 0 Å². The third-order valence-corrected chi connectivity index (χ3v) is 4.01. The van der Waals surface area contributed by atoms with Crippen LogP contribution in [0.4, 0.5) is 5.69 Å². The number of hydrogen-bond acceptors (Lipinski definition) is 4. The van der Waals surface area contributed by atoms with E-state index in [9.17, 15) is 9.59 Å². The second kappa shape index (κ2) is 7.85. The van der Waals surface area contributed by atoms with Crippen LogP contribution in [0.15, 0.2) is 36.4 Å². The molecule has 6 nitrogen and oxygen atoms in total. The summed E-state index contributed by atoms with van der Waals surface area (Å²) in [4.78, 5) is 23.9. The molecular weight excluding hydrogens is 381 g/mol. The van der Waals surface area contributed by atoms with Gasteiger partial charge in [-0.15, -0.1) is 0 Å². The summed E-state index contributed by atoms with van der Waals surface area (Å²) in [6.45, 7) is 3.15. The number of anilines is 1. The van der Waals surface area contributed by atoms with Gasteiger partial charge in [-0.25, -0.2) is 4.79 Å². The van der Waals surface area contributed by atoms with E-state index in [1.54, 1.807) is 38.1 Å². The molecule has 0 aliphatic heterocycles. The average molecular weight is 398 g/mol. The summed E-state index contributed by atoms with van der Waals surface area (Å²) in [6, 6.07) is 9.07. The number of ether oxygens (including phenoxy) is 2. The van der Waals surface area contributed by atoms with Crippen molar-refractivity contribution in [3.05, 3.63) is 52.0 Å². The Balaban J connectivity index is 2.27. The summed E-state index contributed by atoms with van der Waals surface area (Å²) in [5.74, 6) is -1.07. The summed E-state index contributed by atoms with van der Waals surface area (Å²) < 4.78 is 10.9. The van der Waals surface area contributed by atoms with E-state index in [0.29, 0.717) is 10.8 Å². The van der Waals surface area contributed by atoms with Gasteiger partial charge in [0, 0.05) is 5.02 Å². The molecule has 0 heterocycles. The Labute approximate surface area is 160 Å². The summed E-state index contributed by atoms with van der Waals surface area (Å²) >= 11 is 11.9.